The summed E-state index contributed by atoms with van der Waals surface area (Å²) in [5, 5.41) is 9.84. The molecule has 1 unspecified atom stereocenters. The van der Waals surface area contributed by atoms with Crippen molar-refractivity contribution in [3.05, 3.63) is 12.7 Å². The van der Waals surface area contributed by atoms with Crippen LogP contribution < -0.4 is 5.73 Å². The van der Waals surface area contributed by atoms with Gasteiger partial charge in [-0.2, -0.15) is 0 Å². The topological polar surface area (TPSA) is 108 Å². The lowest BCUT2D eigenvalue weighted by molar-refractivity contribution is -0.162. The summed E-state index contributed by atoms with van der Waals surface area (Å²) in [4.78, 5) is 12.8. The molecule has 1 saturated heterocycles. The lowest BCUT2D eigenvalue weighted by Gasteiger charge is -2.25. The molecule has 0 radical (unpaired) electrons. The molecule has 23 heavy (non-hydrogen) atoms. The van der Waals surface area contributed by atoms with Gasteiger partial charge in [0.15, 0.2) is 17.3 Å². The summed E-state index contributed by atoms with van der Waals surface area (Å²) in [6.45, 7) is 3.92. The number of nitrogens with zero attached hydrogens (tertiary/aromatic N) is 4. The molecule has 0 bridgehead atoms. The first-order valence-corrected chi connectivity index (χ1v) is 7.88. The summed E-state index contributed by atoms with van der Waals surface area (Å²) in [5.74, 6) is 0.0957. The fourth-order valence-electron chi connectivity index (χ4n) is 4.66. The summed E-state index contributed by atoms with van der Waals surface area (Å²) >= 11 is 0. The zero-order valence-corrected chi connectivity index (χ0v) is 13.0. The van der Waals surface area contributed by atoms with Gasteiger partial charge in [-0.3, -0.25) is 0 Å². The molecule has 1 aliphatic heterocycles. The Labute approximate surface area is 132 Å². The number of nitrogens with two attached hydrogens (primary N) is 1. The van der Waals surface area contributed by atoms with Crippen molar-refractivity contribution in [2.45, 2.75) is 43.8 Å². The zero-order valence-electron chi connectivity index (χ0n) is 13.0. The van der Waals surface area contributed by atoms with Crippen molar-refractivity contribution in [1.82, 2.24) is 19.5 Å². The first kappa shape index (κ1) is 13.6. The Morgan fingerprint density at radius 3 is 2.96 bits per heavy atom. The fourth-order valence-corrected chi connectivity index (χ4v) is 4.66. The lowest BCUT2D eigenvalue weighted by Crippen LogP contribution is -2.37. The number of hydrogen-bond acceptors (Lipinski definition) is 7. The van der Waals surface area contributed by atoms with Crippen molar-refractivity contribution < 1.29 is 14.6 Å². The van der Waals surface area contributed by atoms with Gasteiger partial charge in [-0.05, 0) is 26.2 Å². The van der Waals surface area contributed by atoms with Gasteiger partial charge in [0.25, 0.3) is 0 Å². The molecule has 3 aliphatic rings. The highest BCUT2D eigenvalue weighted by atomic mass is 16.8. The van der Waals surface area contributed by atoms with Crippen LogP contribution in [0.15, 0.2) is 12.7 Å². The van der Waals surface area contributed by atoms with Crippen molar-refractivity contribution in [2.24, 2.45) is 11.8 Å². The zero-order chi connectivity index (χ0) is 16.0. The van der Waals surface area contributed by atoms with Gasteiger partial charge in [-0.1, -0.05) is 0 Å². The second-order valence-electron chi connectivity index (χ2n) is 7.21. The predicted octanol–water partition coefficient (Wildman–Crippen LogP) is 0.266. The van der Waals surface area contributed by atoms with Crippen LogP contribution in [0.3, 0.4) is 0 Å². The van der Waals surface area contributed by atoms with Crippen molar-refractivity contribution in [3.8, 4) is 0 Å². The molecule has 2 aliphatic carbocycles. The molecule has 0 amide bonds. The quantitative estimate of drug-likeness (QED) is 0.818. The molecule has 2 aromatic heterocycles. The smallest absolute Gasteiger partial charge is 0.166 e. The van der Waals surface area contributed by atoms with Crippen LogP contribution in [0.1, 0.15) is 20.3 Å². The molecule has 2 aromatic rings. The Kier molecular flexibility index (Phi) is 2.38. The second kappa shape index (κ2) is 4.00. The summed E-state index contributed by atoms with van der Waals surface area (Å²) < 4.78 is 14.3. The van der Waals surface area contributed by atoms with E-state index < -0.39 is 5.79 Å². The van der Waals surface area contributed by atoms with E-state index in [2.05, 4.69) is 19.5 Å². The van der Waals surface area contributed by atoms with Gasteiger partial charge in [0.1, 0.15) is 17.9 Å². The summed E-state index contributed by atoms with van der Waals surface area (Å²) in [6, 6.07) is 0. The Balaban J connectivity index is 1.66. The van der Waals surface area contributed by atoms with Crippen molar-refractivity contribution in [3.63, 3.8) is 0 Å². The van der Waals surface area contributed by atoms with E-state index in [9.17, 15) is 5.11 Å². The van der Waals surface area contributed by atoms with E-state index in [0.717, 1.165) is 6.42 Å². The minimum Gasteiger partial charge on any atom is -0.396 e. The second-order valence-corrected chi connectivity index (χ2v) is 7.21. The highest BCUT2D eigenvalue weighted by Gasteiger charge is 2.76. The summed E-state index contributed by atoms with van der Waals surface area (Å²) in [7, 11) is 0. The maximum Gasteiger partial charge on any atom is 0.166 e. The molecular formula is C15H19N5O3. The van der Waals surface area contributed by atoms with Crippen LogP contribution in [0, 0.1) is 11.8 Å². The van der Waals surface area contributed by atoms with Crippen LogP contribution >= 0.6 is 0 Å². The van der Waals surface area contributed by atoms with Gasteiger partial charge in [0.05, 0.1) is 18.0 Å². The van der Waals surface area contributed by atoms with Gasteiger partial charge in [-0.25, -0.2) is 15.0 Å². The Morgan fingerprint density at radius 2 is 2.17 bits per heavy atom. The molecule has 3 N–H and O–H groups in total. The number of aliphatic hydroxyl groups excluding tert-OH is 1. The molecule has 122 valence electrons. The number of aromatic nitrogens is 4. The van der Waals surface area contributed by atoms with Gasteiger partial charge in [-0.15, -0.1) is 0 Å². The van der Waals surface area contributed by atoms with Crippen LogP contribution in [0.25, 0.3) is 11.2 Å². The largest absolute Gasteiger partial charge is 0.396 e. The number of ether oxygens (including phenoxy) is 2. The van der Waals surface area contributed by atoms with Gasteiger partial charge < -0.3 is 24.9 Å². The number of anilines is 1. The van der Waals surface area contributed by atoms with Crippen LogP contribution in [0.4, 0.5) is 5.82 Å². The van der Waals surface area contributed by atoms with E-state index in [1.165, 1.54) is 6.33 Å². The van der Waals surface area contributed by atoms with Crippen molar-refractivity contribution in [2.75, 3.05) is 12.3 Å². The standard InChI is InChI=1S/C15H19N5O3/c1-14(2)22-10-7(4-21)8-3-15(8,11(10)23-14)20-6-19-9-12(16)17-5-18-13(9)20/h5-8,10-11,21H,3-4H2,1-2H3,(H2,16,17,18)/t7-,8-,10+,11?,15-/m0/s1. The Bertz CT molecular complexity index is 806. The average Bonchev–Trinajstić information content (AvgIpc) is 2.82. The van der Waals surface area contributed by atoms with Crippen LogP contribution in [-0.2, 0) is 15.0 Å². The molecule has 2 saturated carbocycles. The Hall–Kier alpha value is -1.77. The van der Waals surface area contributed by atoms with Crippen LogP contribution in [0.2, 0.25) is 0 Å². The van der Waals surface area contributed by atoms with E-state index in [-0.39, 0.29) is 30.3 Å². The molecule has 5 rings (SSSR count). The van der Waals surface area contributed by atoms with Gasteiger partial charge in [0, 0.05) is 12.5 Å². The third kappa shape index (κ3) is 1.53. The van der Waals surface area contributed by atoms with Crippen molar-refractivity contribution >= 4 is 17.0 Å². The number of rotatable bonds is 2. The molecule has 3 fully saturated rings. The predicted molar refractivity (Wildman–Crippen MR) is 80.2 cm³/mol. The lowest BCUT2D eigenvalue weighted by atomic mass is 10.0. The molecule has 3 heterocycles. The van der Waals surface area contributed by atoms with E-state index in [0.29, 0.717) is 22.9 Å². The van der Waals surface area contributed by atoms with Crippen LogP contribution in [0.5, 0.6) is 0 Å². The molecule has 8 nitrogen and oxygen atoms in total. The average molecular weight is 317 g/mol. The number of hydrogen-bond donors (Lipinski definition) is 2. The molecule has 5 atom stereocenters. The number of nitrogen functional groups attached to an aromatic ring is 1. The minimum atomic E-state index is -0.645. The highest BCUT2D eigenvalue weighted by Crippen LogP contribution is 2.68. The monoisotopic (exact) mass is 317 g/mol. The maximum atomic E-state index is 9.84. The van der Waals surface area contributed by atoms with E-state index in [1.807, 2.05) is 13.8 Å². The SMILES string of the molecule is CC1(C)OC2[C@H](O1)[C@@H](CO)[C@@H]1C[C@@]21n1cnc2c(N)ncnc21. The summed E-state index contributed by atoms with van der Waals surface area (Å²) in [5.41, 5.74) is 6.96. The number of imidazole rings is 1. The molecule has 0 aromatic carbocycles. The minimum absolute atomic E-state index is 0.0680. The summed E-state index contributed by atoms with van der Waals surface area (Å²) in [6.07, 6.45) is 3.92. The van der Waals surface area contributed by atoms with Gasteiger partial charge >= 0.3 is 0 Å². The maximum absolute atomic E-state index is 9.84. The van der Waals surface area contributed by atoms with E-state index >= 15 is 0 Å². The first-order chi connectivity index (χ1) is 11.0. The van der Waals surface area contributed by atoms with Gasteiger partial charge in [0.2, 0.25) is 0 Å². The van der Waals surface area contributed by atoms with E-state index in [4.69, 9.17) is 15.2 Å². The third-order valence-electron chi connectivity index (χ3n) is 5.61. The molecular weight excluding hydrogens is 298 g/mol. The molecule has 0 spiro atoms. The number of aliphatic hydroxyl groups is 1. The first-order valence-electron chi connectivity index (χ1n) is 7.88. The third-order valence-corrected chi connectivity index (χ3v) is 5.61. The Morgan fingerprint density at radius 1 is 1.35 bits per heavy atom. The highest BCUT2D eigenvalue weighted by molar-refractivity contribution is 5.81. The number of fused-ring (bicyclic) bond motifs is 4. The normalized spacial score (nSPS) is 40.3. The van der Waals surface area contributed by atoms with E-state index in [1.54, 1.807) is 6.33 Å². The fraction of sp³-hybridized carbons (Fsp3) is 0.667. The molecule has 8 heteroatoms. The van der Waals surface area contributed by atoms with Crippen molar-refractivity contribution in [1.29, 1.82) is 0 Å². The van der Waals surface area contributed by atoms with Crippen LogP contribution in [-0.4, -0.2) is 49.2 Å².